The molecule has 94 valence electrons. The lowest BCUT2D eigenvalue weighted by molar-refractivity contribution is 0.307. The zero-order valence-electron chi connectivity index (χ0n) is 8.97. The maximum absolute atomic E-state index is 13.0. The lowest BCUT2D eigenvalue weighted by Gasteiger charge is -2.01. The highest BCUT2D eigenvalue weighted by molar-refractivity contribution is 6.31. The maximum atomic E-state index is 13.0. The molecule has 18 heavy (non-hydrogen) atoms. The quantitative estimate of drug-likeness (QED) is 0.825. The van der Waals surface area contributed by atoms with Crippen molar-refractivity contribution in [1.82, 2.24) is 10.3 Å². The first-order chi connectivity index (χ1) is 8.61. The van der Waals surface area contributed by atoms with Gasteiger partial charge in [0.25, 0.3) is 0 Å². The van der Waals surface area contributed by atoms with Crippen LogP contribution in [0.5, 0.6) is 0 Å². The molecule has 1 aromatic carbocycles. The number of aliphatic hydroxyl groups excluding tert-OH is 1. The van der Waals surface area contributed by atoms with Gasteiger partial charge in [0.1, 0.15) is 5.82 Å². The molecule has 6 nitrogen and oxygen atoms in total. The van der Waals surface area contributed by atoms with Gasteiger partial charge < -0.3 is 10.8 Å². The summed E-state index contributed by atoms with van der Waals surface area (Å²) in [5, 5.41) is 16.0. The third kappa shape index (κ3) is 2.47. The molecule has 1 aromatic heterocycles. The van der Waals surface area contributed by atoms with Gasteiger partial charge in [-0.05, 0) is 28.5 Å². The highest BCUT2D eigenvalue weighted by Crippen LogP contribution is 2.22. The van der Waals surface area contributed by atoms with Crippen LogP contribution < -0.4 is 5.73 Å². The molecule has 0 aliphatic carbocycles. The summed E-state index contributed by atoms with van der Waals surface area (Å²) in [6, 6.07) is 3.89. The van der Waals surface area contributed by atoms with E-state index in [1.54, 1.807) is 0 Å². The average molecular weight is 271 g/mol. The first-order valence-electron chi connectivity index (χ1n) is 4.83. The molecule has 0 spiro atoms. The van der Waals surface area contributed by atoms with Crippen molar-refractivity contribution in [2.75, 3.05) is 12.3 Å². The fourth-order valence-electron chi connectivity index (χ4n) is 1.27. The molecule has 3 N–H and O–H groups in total. The Balaban J connectivity index is 2.41. The van der Waals surface area contributed by atoms with Crippen molar-refractivity contribution in [2.45, 2.75) is 0 Å². The molecular formula is C10H8ClFN4O2. The molecule has 0 aliphatic rings. The Morgan fingerprint density at radius 3 is 2.83 bits per heavy atom. The first kappa shape index (κ1) is 12.5. The summed E-state index contributed by atoms with van der Waals surface area (Å²) in [6.45, 7) is -0.423. The van der Waals surface area contributed by atoms with Gasteiger partial charge in [-0.25, -0.2) is 14.0 Å². The lowest BCUT2D eigenvalue weighted by atomic mass is 10.2. The Bertz CT molecular complexity index is 599. The van der Waals surface area contributed by atoms with Crippen LogP contribution in [0, 0.1) is 5.82 Å². The monoisotopic (exact) mass is 270 g/mol. The topological polar surface area (TPSA) is 97.5 Å². The summed E-state index contributed by atoms with van der Waals surface area (Å²) >= 11 is 5.62. The molecule has 0 fully saturated rings. The summed E-state index contributed by atoms with van der Waals surface area (Å²) in [5.74, 6) is -0.542. The van der Waals surface area contributed by atoms with Gasteiger partial charge >= 0.3 is 0 Å². The Labute approximate surface area is 106 Å². The van der Waals surface area contributed by atoms with Crippen molar-refractivity contribution in [3.63, 3.8) is 0 Å². The van der Waals surface area contributed by atoms with Crippen molar-refractivity contribution in [2.24, 2.45) is 4.99 Å². The molecule has 0 atom stereocenters. The minimum absolute atomic E-state index is 0.0102. The SMILES string of the molecule is Nc1nonc1C(CO)=Nc1ccc(F)c(Cl)c1. The summed E-state index contributed by atoms with van der Waals surface area (Å²) in [4.78, 5) is 4.06. The van der Waals surface area contributed by atoms with Crippen LogP contribution in [0.4, 0.5) is 15.9 Å². The first-order valence-corrected chi connectivity index (χ1v) is 5.21. The molecule has 0 saturated heterocycles. The fraction of sp³-hybridized carbons (Fsp3) is 0.100. The number of hydrogen-bond acceptors (Lipinski definition) is 6. The molecule has 0 radical (unpaired) electrons. The predicted molar refractivity (Wildman–Crippen MR) is 63.4 cm³/mol. The number of aromatic nitrogens is 2. The molecule has 2 rings (SSSR count). The van der Waals surface area contributed by atoms with Crippen LogP contribution in [0.25, 0.3) is 0 Å². The zero-order valence-corrected chi connectivity index (χ0v) is 9.73. The fourth-order valence-corrected chi connectivity index (χ4v) is 1.44. The summed E-state index contributed by atoms with van der Waals surface area (Å²) in [7, 11) is 0. The van der Waals surface area contributed by atoms with E-state index < -0.39 is 12.4 Å². The summed E-state index contributed by atoms with van der Waals surface area (Å²) < 4.78 is 17.4. The third-order valence-electron chi connectivity index (χ3n) is 2.10. The largest absolute Gasteiger partial charge is 0.390 e. The number of nitrogens with zero attached hydrogens (tertiary/aromatic N) is 3. The van der Waals surface area contributed by atoms with Crippen LogP contribution in [0.3, 0.4) is 0 Å². The molecule has 1 heterocycles. The number of anilines is 1. The number of hydrogen-bond donors (Lipinski definition) is 2. The minimum atomic E-state index is -0.552. The molecule has 0 aliphatic heterocycles. The number of nitrogen functional groups attached to an aromatic ring is 1. The van der Waals surface area contributed by atoms with Gasteiger partial charge in [-0.1, -0.05) is 11.6 Å². The van der Waals surface area contributed by atoms with E-state index >= 15 is 0 Å². The van der Waals surface area contributed by atoms with E-state index in [9.17, 15) is 9.50 Å². The molecule has 0 bridgehead atoms. The van der Waals surface area contributed by atoms with Gasteiger partial charge in [-0.3, -0.25) is 0 Å². The maximum Gasteiger partial charge on any atom is 0.197 e. The Morgan fingerprint density at radius 2 is 2.28 bits per heavy atom. The second-order valence-corrected chi connectivity index (χ2v) is 3.72. The standard InChI is InChI=1S/C10H8ClFN4O2/c11-6-3-5(1-2-7(6)12)14-8(4-17)9-10(13)16-18-15-9/h1-3,17H,4H2,(H2,13,16). The van der Waals surface area contributed by atoms with E-state index in [4.69, 9.17) is 17.3 Å². The molecule has 0 amide bonds. The van der Waals surface area contributed by atoms with Gasteiger partial charge in [0, 0.05) is 0 Å². The van der Waals surface area contributed by atoms with E-state index in [1.807, 2.05) is 0 Å². The van der Waals surface area contributed by atoms with E-state index in [1.165, 1.54) is 18.2 Å². The van der Waals surface area contributed by atoms with E-state index in [0.29, 0.717) is 5.69 Å². The smallest absolute Gasteiger partial charge is 0.197 e. The van der Waals surface area contributed by atoms with Gasteiger partial charge in [0.15, 0.2) is 11.5 Å². The second-order valence-electron chi connectivity index (χ2n) is 3.31. The van der Waals surface area contributed by atoms with Gasteiger partial charge in [-0.2, -0.15) is 0 Å². The highest BCUT2D eigenvalue weighted by atomic mass is 35.5. The van der Waals surface area contributed by atoms with Gasteiger partial charge in [0.2, 0.25) is 0 Å². The van der Waals surface area contributed by atoms with Crippen molar-refractivity contribution in [3.8, 4) is 0 Å². The van der Waals surface area contributed by atoms with Crippen molar-refractivity contribution in [1.29, 1.82) is 0 Å². The average Bonchev–Trinajstić information content (AvgIpc) is 2.77. The van der Waals surface area contributed by atoms with Gasteiger partial charge in [0.05, 0.1) is 23.0 Å². The summed E-state index contributed by atoms with van der Waals surface area (Å²) in [6.07, 6.45) is 0. The molecule has 2 aromatic rings. The Kier molecular flexibility index (Phi) is 3.54. The zero-order chi connectivity index (χ0) is 13.1. The molecule has 8 heteroatoms. The number of rotatable bonds is 3. The number of halogens is 2. The van der Waals surface area contributed by atoms with Crippen LogP contribution in [0.1, 0.15) is 5.69 Å². The van der Waals surface area contributed by atoms with Crippen LogP contribution in [0.15, 0.2) is 27.8 Å². The number of nitrogens with two attached hydrogens (primary N) is 1. The van der Waals surface area contributed by atoms with Crippen LogP contribution in [-0.2, 0) is 0 Å². The van der Waals surface area contributed by atoms with E-state index in [2.05, 4.69) is 19.9 Å². The highest BCUT2D eigenvalue weighted by Gasteiger charge is 2.13. The molecule has 0 unspecified atom stereocenters. The van der Waals surface area contributed by atoms with Crippen LogP contribution in [-0.4, -0.2) is 27.7 Å². The van der Waals surface area contributed by atoms with Crippen LogP contribution >= 0.6 is 11.6 Å². The lowest BCUT2D eigenvalue weighted by Crippen LogP contribution is -2.09. The van der Waals surface area contributed by atoms with E-state index in [0.717, 1.165) is 0 Å². The predicted octanol–water partition coefficient (Wildman–Crippen LogP) is 1.56. The Hall–Kier alpha value is -1.99. The van der Waals surface area contributed by atoms with Gasteiger partial charge in [-0.15, -0.1) is 0 Å². The minimum Gasteiger partial charge on any atom is -0.390 e. The van der Waals surface area contributed by atoms with Crippen molar-refractivity contribution in [3.05, 3.63) is 34.7 Å². The summed E-state index contributed by atoms with van der Waals surface area (Å²) in [5.41, 5.74) is 6.12. The van der Waals surface area contributed by atoms with Crippen LogP contribution in [0.2, 0.25) is 5.02 Å². The molecule has 0 saturated carbocycles. The van der Waals surface area contributed by atoms with E-state index in [-0.39, 0.29) is 22.2 Å². The number of aliphatic hydroxyl groups is 1. The third-order valence-corrected chi connectivity index (χ3v) is 2.39. The number of aliphatic imine (C=N–C) groups is 1. The molecular weight excluding hydrogens is 263 g/mol. The Morgan fingerprint density at radius 1 is 1.50 bits per heavy atom. The van der Waals surface area contributed by atoms with Crippen molar-refractivity contribution < 1.29 is 14.1 Å². The second kappa shape index (κ2) is 5.11. The normalized spacial score (nSPS) is 11.8. The van der Waals surface area contributed by atoms with Crippen molar-refractivity contribution >= 4 is 28.8 Å². The number of benzene rings is 1.